The molecule has 0 saturated carbocycles. The molecule has 3 aromatic rings. The first kappa shape index (κ1) is 40.4. The van der Waals surface area contributed by atoms with E-state index in [1.807, 2.05) is 52.8 Å². The van der Waals surface area contributed by atoms with Gasteiger partial charge in [0.05, 0.1) is 15.2 Å². The summed E-state index contributed by atoms with van der Waals surface area (Å²) in [5, 5.41) is 18.2. The Labute approximate surface area is 319 Å². The topological polar surface area (TPSA) is 198 Å². The summed E-state index contributed by atoms with van der Waals surface area (Å²) in [6.45, 7) is 11.6. The predicted octanol–water partition coefficient (Wildman–Crippen LogP) is 5.17. The SMILES string of the molecule is CCN1/C(=C/C=C/C2=[N+](CCCCCC(=O)NCCSc3nnc(Cl)nn3)c3ccc(S(=O)(=O)O)cc3C2(C)C)C(C)(C)c2cc(S(=O)(=O)[O-])ccc21. The summed E-state index contributed by atoms with van der Waals surface area (Å²) < 4.78 is 71.6. The Hall–Kier alpha value is -3.74. The second kappa shape index (κ2) is 15.9. The summed E-state index contributed by atoms with van der Waals surface area (Å²) in [4.78, 5) is 14.1. The van der Waals surface area contributed by atoms with Crippen molar-refractivity contribution < 1.29 is 35.3 Å². The quantitative estimate of drug-likeness (QED) is 0.0884. The van der Waals surface area contributed by atoms with Crippen LogP contribution in [0.5, 0.6) is 0 Å². The molecular formula is C35H42ClN7O7S3. The number of carbonyl (C=O) groups is 1. The number of anilines is 1. The van der Waals surface area contributed by atoms with Crippen molar-refractivity contribution in [3.8, 4) is 0 Å². The van der Waals surface area contributed by atoms with E-state index >= 15 is 0 Å². The lowest BCUT2D eigenvalue weighted by molar-refractivity contribution is -0.438. The Bertz CT molecular complexity index is 2210. The Kier molecular flexibility index (Phi) is 12.2. The Balaban J connectivity index is 1.32. The molecule has 0 saturated heterocycles. The molecule has 14 nitrogen and oxygen atoms in total. The molecule has 1 aromatic heterocycles. The molecule has 284 valence electrons. The van der Waals surface area contributed by atoms with Crippen molar-refractivity contribution in [2.45, 2.75) is 86.1 Å². The van der Waals surface area contributed by atoms with Crippen LogP contribution in [0.1, 0.15) is 71.4 Å². The van der Waals surface area contributed by atoms with Crippen LogP contribution in [0, 0.1) is 0 Å². The number of nitrogens with zero attached hydrogens (tertiary/aromatic N) is 6. The summed E-state index contributed by atoms with van der Waals surface area (Å²) >= 11 is 6.91. The number of hydrogen-bond acceptors (Lipinski definition) is 12. The van der Waals surface area contributed by atoms with Crippen molar-refractivity contribution in [1.82, 2.24) is 25.7 Å². The lowest BCUT2D eigenvalue weighted by atomic mass is 9.81. The highest BCUT2D eigenvalue weighted by atomic mass is 35.5. The maximum atomic E-state index is 12.4. The third-order valence-corrected chi connectivity index (χ3v) is 12.2. The van der Waals surface area contributed by atoms with Crippen LogP contribution in [-0.4, -0.2) is 87.9 Å². The van der Waals surface area contributed by atoms with Crippen molar-refractivity contribution in [2.24, 2.45) is 0 Å². The third-order valence-electron chi connectivity index (χ3n) is 9.51. The maximum Gasteiger partial charge on any atom is 0.294 e. The lowest BCUT2D eigenvalue weighted by Crippen LogP contribution is -2.28. The zero-order valence-electron chi connectivity index (χ0n) is 30.0. The van der Waals surface area contributed by atoms with Crippen LogP contribution >= 0.6 is 23.4 Å². The molecule has 3 heterocycles. The van der Waals surface area contributed by atoms with Gasteiger partial charge in [0.25, 0.3) is 15.4 Å². The average Bonchev–Trinajstić information content (AvgIpc) is 3.44. The van der Waals surface area contributed by atoms with Crippen molar-refractivity contribution in [3.05, 3.63) is 76.7 Å². The molecule has 1 amide bonds. The fourth-order valence-electron chi connectivity index (χ4n) is 6.86. The zero-order chi connectivity index (χ0) is 38.8. The van der Waals surface area contributed by atoms with Gasteiger partial charge in [-0.1, -0.05) is 31.7 Å². The van der Waals surface area contributed by atoms with E-state index in [1.165, 1.54) is 36.0 Å². The first-order chi connectivity index (χ1) is 24.9. The molecule has 0 unspecified atom stereocenters. The molecular weight excluding hydrogens is 762 g/mol. The molecule has 2 aromatic carbocycles. The third kappa shape index (κ3) is 8.98. The van der Waals surface area contributed by atoms with Crippen molar-refractivity contribution >= 4 is 66.6 Å². The first-order valence-corrected chi connectivity index (χ1v) is 21.2. The number of nitrogens with one attached hydrogen (secondary N) is 1. The van der Waals surface area contributed by atoms with Gasteiger partial charge in [-0.15, -0.1) is 20.4 Å². The molecule has 0 radical (unpaired) electrons. The summed E-state index contributed by atoms with van der Waals surface area (Å²) in [7, 11) is -9.06. The zero-order valence-corrected chi connectivity index (χ0v) is 33.2. The monoisotopic (exact) mass is 803 g/mol. The van der Waals surface area contributed by atoms with E-state index in [-0.39, 0.29) is 21.0 Å². The molecule has 0 fully saturated rings. The van der Waals surface area contributed by atoms with E-state index < -0.39 is 31.1 Å². The van der Waals surface area contributed by atoms with E-state index in [0.29, 0.717) is 43.4 Å². The van der Waals surface area contributed by atoms with Gasteiger partial charge in [-0.05, 0) is 87.2 Å². The van der Waals surface area contributed by atoms with Crippen molar-refractivity contribution in [1.29, 1.82) is 0 Å². The average molecular weight is 804 g/mol. The molecule has 2 aliphatic rings. The molecule has 5 rings (SSSR count). The van der Waals surface area contributed by atoms with Crippen LogP contribution in [0.2, 0.25) is 5.28 Å². The van der Waals surface area contributed by atoms with Crippen LogP contribution in [0.25, 0.3) is 0 Å². The number of likely N-dealkylation sites (N-methyl/N-ethyl adjacent to an activating group) is 1. The molecule has 0 spiro atoms. The fourth-order valence-corrected chi connectivity index (χ4v) is 8.52. The Morgan fingerprint density at radius 1 is 0.981 bits per heavy atom. The van der Waals surface area contributed by atoms with Crippen LogP contribution in [0.15, 0.2) is 75.3 Å². The number of allylic oxidation sites excluding steroid dienone is 4. The highest BCUT2D eigenvalue weighted by Gasteiger charge is 2.45. The summed E-state index contributed by atoms with van der Waals surface area (Å²) in [6, 6.07) is 9.10. The predicted molar refractivity (Wildman–Crippen MR) is 202 cm³/mol. The number of amides is 1. The fraction of sp³-hybridized carbons (Fsp3) is 0.429. The molecule has 0 aliphatic carbocycles. The van der Waals surface area contributed by atoms with E-state index in [4.69, 9.17) is 11.6 Å². The molecule has 2 aliphatic heterocycles. The minimum absolute atomic E-state index is 0.0327. The number of aromatic nitrogens is 4. The molecule has 18 heteroatoms. The molecule has 2 N–H and O–H groups in total. The van der Waals surface area contributed by atoms with E-state index in [2.05, 4.69) is 35.2 Å². The summed E-state index contributed by atoms with van der Waals surface area (Å²) in [6.07, 6.45) is 8.47. The number of rotatable bonds is 15. The van der Waals surface area contributed by atoms with E-state index in [0.717, 1.165) is 46.8 Å². The number of halogens is 1. The van der Waals surface area contributed by atoms with Crippen LogP contribution in [0.4, 0.5) is 11.4 Å². The van der Waals surface area contributed by atoms with E-state index in [9.17, 15) is 30.7 Å². The van der Waals surface area contributed by atoms with Gasteiger partial charge in [-0.25, -0.2) is 8.42 Å². The molecule has 53 heavy (non-hydrogen) atoms. The van der Waals surface area contributed by atoms with Crippen molar-refractivity contribution in [3.63, 3.8) is 0 Å². The molecule has 0 atom stereocenters. The number of carbonyl (C=O) groups excluding carboxylic acids is 1. The summed E-state index contributed by atoms with van der Waals surface area (Å²) in [5.74, 6) is 0.493. The van der Waals surface area contributed by atoms with Gasteiger partial charge in [0.1, 0.15) is 16.7 Å². The highest BCUT2D eigenvalue weighted by Crippen LogP contribution is 2.48. The van der Waals surface area contributed by atoms with Crippen molar-refractivity contribution in [2.75, 3.05) is 30.3 Å². The van der Waals surface area contributed by atoms with Crippen LogP contribution in [-0.2, 0) is 35.9 Å². The number of hydrogen-bond donors (Lipinski definition) is 2. The smallest absolute Gasteiger partial charge is 0.294 e. The number of fused-ring (bicyclic) bond motifs is 2. The number of benzene rings is 2. The van der Waals surface area contributed by atoms with Gasteiger partial charge in [-0.2, -0.15) is 13.0 Å². The Morgan fingerprint density at radius 3 is 2.32 bits per heavy atom. The van der Waals surface area contributed by atoms with Gasteiger partial charge in [0, 0.05) is 66.2 Å². The maximum absolute atomic E-state index is 12.4. The molecule has 0 bridgehead atoms. The van der Waals surface area contributed by atoms with Gasteiger partial charge >= 0.3 is 0 Å². The minimum atomic E-state index is -4.63. The Morgan fingerprint density at radius 2 is 1.66 bits per heavy atom. The number of thioether (sulfide) groups is 1. The highest BCUT2D eigenvalue weighted by molar-refractivity contribution is 7.99. The minimum Gasteiger partial charge on any atom is -0.744 e. The normalized spacial score (nSPS) is 17.1. The van der Waals surface area contributed by atoms with Gasteiger partial charge < -0.3 is 14.8 Å². The van der Waals surface area contributed by atoms with Gasteiger partial charge in [0.15, 0.2) is 5.71 Å². The second-order valence-corrected chi connectivity index (χ2v) is 17.9. The van der Waals surface area contributed by atoms with Crippen LogP contribution < -0.4 is 10.2 Å². The largest absolute Gasteiger partial charge is 0.744 e. The second-order valence-electron chi connectivity index (χ2n) is 13.7. The summed E-state index contributed by atoms with van der Waals surface area (Å²) in [5.41, 5.74) is 3.75. The standard InChI is InChI=1S/C35H42ClN7O7S3/c1-6-42-27-16-14-23(52(45,46)47)21-25(27)34(2,3)29(42)11-10-12-30-35(4,5)26-22-24(53(48,49)50)15-17-28(26)43(30)19-9-7-8-13-31(44)37-18-20-51-33-40-38-32(36)39-41-33/h10-12,14-17,21-22H,6-9,13,18-20H2,1-5H3,(H2-,37,44,45,46,47,48,49,50). The van der Waals surface area contributed by atoms with Gasteiger partial charge in [0.2, 0.25) is 16.8 Å². The first-order valence-electron chi connectivity index (χ1n) is 17.0. The lowest BCUT2D eigenvalue weighted by Gasteiger charge is -2.25. The van der Waals surface area contributed by atoms with Crippen LogP contribution in [0.3, 0.4) is 0 Å². The van der Waals surface area contributed by atoms with Gasteiger partial charge in [-0.3, -0.25) is 9.35 Å². The van der Waals surface area contributed by atoms with E-state index in [1.54, 1.807) is 12.1 Å². The number of unbranched alkanes of at least 4 members (excludes halogenated alkanes) is 2.